The number of imide groups is 1. The molecule has 2 aliphatic rings. The highest BCUT2D eigenvalue weighted by Gasteiger charge is 2.56. The summed E-state index contributed by atoms with van der Waals surface area (Å²) in [7, 11) is 0. The molecule has 1 spiro atoms. The molecule has 2 fully saturated rings. The van der Waals surface area contributed by atoms with E-state index in [-0.39, 0.29) is 29.8 Å². The van der Waals surface area contributed by atoms with Gasteiger partial charge < -0.3 is 10.6 Å². The molecule has 152 valence electrons. The molecule has 0 bridgehead atoms. The summed E-state index contributed by atoms with van der Waals surface area (Å²) >= 11 is 5.89. The van der Waals surface area contributed by atoms with Gasteiger partial charge in [0.15, 0.2) is 0 Å². The Morgan fingerprint density at radius 2 is 1.93 bits per heavy atom. The van der Waals surface area contributed by atoms with Crippen LogP contribution in [0.5, 0.6) is 0 Å². The van der Waals surface area contributed by atoms with E-state index in [0.717, 1.165) is 16.9 Å². The predicted octanol–water partition coefficient (Wildman–Crippen LogP) is 3.65. The second-order valence-electron chi connectivity index (χ2n) is 9.10. The van der Waals surface area contributed by atoms with Crippen molar-refractivity contribution in [1.29, 1.82) is 0 Å². The molecule has 1 saturated heterocycles. The molecule has 7 heteroatoms. The summed E-state index contributed by atoms with van der Waals surface area (Å²) in [4.78, 5) is 39.2. The Balaban J connectivity index is 1.67. The number of nitrogens with zero attached hydrogens (tertiary/aromatic N) is 1. The van der Waals surface area contributed by atoms with Gasteiger partial charge in [0, 0.05) is 5.02 Å². The van der Waals surface area contributed by atoms with Crippen LogP contribution in [0.2, 0.25) is 5.02 Å². The maximum Gasteiger partial charge on any atom is 0.325 e. The Morgan fingerprint density at radius 3 is 2.54 bits per heavy atom. The Hall–Kier alpha value is -2.08. The molecule has 2 N–H and O–H groups in total. The van der Waals surface area contributed by atoms with Crippen LogP contribution in [0.3, 0.4) is 0 Å². The Labute approximate surface area is 171 Å². The minimum absolute atomic E-state index is 0.0397. The van der Waals surface area contributed by atoms with Gasteiger partial charge in [-0.2, -0.15) is 0 Å². The van der Waals surface area contributed by atoms with E-state index in [1.165, 1.54) is 0 Å². The fourth-order valence-corrected chi connectivity index (χ4v) is 5.04. The smallest absolute Gasteiger partial charge is 0.325 e. The van der Waals surface area contributed by atoms with Crippen molar-refractivity contribution in [2.45, 2.75) is 58.5 Å². The first-order chi connectivity index (χ1) is 13.0. The molecule has 0 radical (unpaired) electrons. The second-order valence-corrected chi connectivity index (χ2v) is 9.54. The Bertz CT molecular complexity index is 793. The predicted molar refractivity (Wildman–Crippen MR) is 108 cm³/mol. The van der Waals surface area contributed by atoms with Crippen LogP contribution in [0.15, 0.2) is 24.3 Å². The van der Waals surface area contributed by atoms with E-state index < -0.39 is 11.6 Å². The number of benzene rings is 1. The number of carbonyl (C=O) groups is 3. The topological polar surface area (TPSA) is 78.5 Å². The van der Waals surface area contributed by atoms with Crippen molar-refractivity contribution in [3.63, 3.8) is 0 Å². The van der Waals surface area contributed by atoms with E-state index in [2.05, 4.69) is 31.4 Å². The highest BCUT2D eigenvalue weighted by molar-refractivity contribution is 6.30. The third kappa shape index (κ3) is 4.17. The lowest BCUT2D eigenvalue weighted by Crippen LogP contribution is -2.54. The summed E-state index contributed by atoms with van der Waals surface area (Å²) in [6, 6.07) is 6.44. The fraction of sp³-hybridized carbons (Fsp3) is 0.571. The molecule has 28 heavy (non-hydrogen) atoms. The van der Waals surface area contributed by atoms with E-state index in [1.54, 1.807) is 12.1 Å². The van der Waals surface area contributed by atoms with Crippen molar-refractivity contribution >= 4 is 29.4 Å². The van der Waals surface area contributed by atoms with Gasteiger partial charge >= 0.3 is 6.03 Å². The van der Waals surface area contributed by atoms with E-state index in [0.29, 0.717) is 23.8 Å². The van der Waals surface area contributed by atoms with Crippen molar-refractivity contribution in [2.75, 3.05) is 6.54 Å². The molecule has 1 aliphatic heterocycles. The molecule has 0 aromatic heterocycles. The van der Waals surface area contributed by atoms with Gasteiger partial charge in [0.1, 0.15) is 12.1 Å². The number of halogens is 1. The van der Waals surface area contributed by atoms with Crippen LogP contribution in [0, 0.1) is 11.3 Å². The van der Waals surface area contributed by atoms with Crippen molar-refractivity contribution in [1.82, 2.24) is 15.5 Å². The monoisotopic (exact) mass is 405 g/mol. The van der Waals surface area contributed by atoms with Gasteiger partial charge in [-0.3, -0.25) is 14.5 Å². The zero-order valence-electron chi connectivity index (χ0n) is 16.8. The number of nitrogens with one attached hydrogen (secondary N) is 2. The average Bonchev–Trinajstić information content (AvgIpc) is 2.77. The Kier molecular flexibility index (Phi) is 5.45. The molecule has 1 aromatic carbocycles. The summed E-state index contributed by atoms with van der Waals surface area (Å²) < 4.78 is 0. The molecular weight excluding hydrogens is 378 g/mol. The maximum absolute atomic E-state index is 13.1. The van der Waals surface area contributed by atoms with E-state index in [9.17, 15) is 14.4 Å². The first-order valence-electron chi connectivity index (χ1n) is 9.70. The van der Waals surface area contributed by atoms with Crippen LogP contribution in [-0.4, -0.2) is 34.8 Å². The lowest BCUT2D eigenvalue weighted by atomic mass is 9.64. The van der Waals surface area contributed by atoms with Crippen LogP contribution in [-0.2, 0) is 9.59 Å². The summed E-state index contributed by atoms with van der Waals surface area (Å²) in [6.07, 6.45) is 2.21. The number of urea groups is 1. The van der Waals surface area contributed by atoms with Gasteiger partial charge in [-0.1, -0.05) is 44.5 Å². The third-order valence-corrected chi connectivity index (χ3v) is 5.93. The van der Waals surface area contributed by atoms with E-state index >= 15 is 0 Å². The van der Waals surface area contributed by atoms with E-state index in [1.807, 2.05) is 19.1 Å². The van der Waals surface area contributed by atoms with Crippen molar-refractivity contribution in [3.05, 3.63) is 34.9 Å². The van der Waals surface area contributed by atoms with Crippen LogP contribution >= 0.6 is 11.6 Å². The van der Waals surface area contributed by atoms with Gasteiger partial charge in [0.2, 0.25) is 5.91 Å². The summed E-state index contributed by atoms with van der Waals surface area (Å²) in [5.74, 6) is -0.329. The summed E-state index contributed by atoms with van der Waals surface area (Å²) in [6.45, 7) is 7.91. The number of amides is 4. The standard InChI is InChI=1S/C21H28ClN3O3/c1-13-9-20(3,4)12-21(10-13)18(27)25(19(28)24-21)11-17(26)23-14(2)15-5-7-16(22)8-6-15/h5-8,13-14H,9-12H2,1-4H3,(H,23,26)(H,24,28)/t13-,14-,21-/m1/s1. The molecule has 3 rings (SSSR count). The molecule has 1 saturated carbocycles. The van der Waals surface area contributed by atoms with Crippen LogP contribution in [0.1, 0.15) is 58.6 Å². The zero-order chi connectivity index (χ0) is 20.7. The summed E-state index contributed by atoms with van der Waals surface area (Å²) in [5.41, 5.74) is -0.0308. The van der Waals surface area contributed by atoms with Gasteiger partial charge in [-0.05, 0) is 55.2 Å². The van der Waals surface area contributed by atoms with Gasteiger partial charge in [-0.25, -0.2) is 4.79 Å². The first kappa shape index (κ1) is 20.6. The van der Waals surface area contributed by atoms with Crippen LogP contribution < -0.4 is 10.6 Å². The molecule has 6 nitrogen and oxygen atoms in total. The SMILES string of the molecule is C[C@@H]1CC(C)(C)C[C@@]2(C1)NC(=O)N(CC(=O)N[C@H](C)c1ccc(Cl)cc1)C2=O. The minimum atomic E-state index is -0.889. The average molecular weight is 406 g/mol. The highest BCUT2D eigenvalue weighted by Crippen LogP contribution is 2.46. The minimum Gasteiger partial charge on any atom is -0.348 e. The van der Waals surface area contributed by atoms with Crippen LogP contribution in [0.25, 0.3) is 0 Å². The zero-order valence-corrected chi connectivity index (χ0v) is 17.6. The number of carbonyl (C=O) groups excluding carboxylic acids is 3. The second kappa shape index (κ2) is 7.39. The number of hydrogen-bond acceptors (Lipinski definition) is 3. The Morgan fingerprint density at radius 1 is 1.29 bits per heavy atom. The molecular formula is C21H28ClN3O3. The van der Waals surface area contributed by atoms with Crippen molar-refractivity contribution < 1.29 is 14.4 Å². The van der Waals surface area contributed by atoms with Gasteiger partial charge in [0.25, 0.3) is 5.91 Å². The fourth-order valence-electron chi connectivity index (χ4n) is 4.92. The number of rotatable bonds is 4. The van der Waals surface area contributed by atoms with Crippen LogP contribution in [0.4, 0.5) is 4.79 Å². The normalized spacial score (nSPS) is 27.6. The molecule has 1 aliphatic carbocycles. The lowest BCUT2D eigenvalue weighted by molar-refractivity contribution is -0.137. The largest absolute Gasteiger partial charge is 0.348 e. The quantitative estimate of drug-likeness (QED) is 0.750. The molecule has 0 unspecified atom stereocenters. The lowest BCUT2D eigenvalue weighted by Gasteiger charge is -2.43. The number of hydrogen-bond donors (Lipinski definition) is 2. The molecule has 1 aromatic rings. The molecule has 4 amide bonds. The molecule has 1 heterocycles. The van der Waals surface area contributed by atoms with Gasteiger partial charge in [0.05, 0.1) is 6.04 Å². The van der Waals surface area contributed by atoms with Gasteiger partial charge in [-0.15, -0.1) is 0 Å². The first-order valence-corrected chi connectivity index (χ1v) is 10.1. The van der Waals surface area contributed by atoms with Crippen molar-refractivity contribution in [2.24, 2.45) is 11.3 Å². The maximum atomic E-state index is 13.1. The van der Waals surface area contributed by atoms with Crippen molar-refractivity contribution in [3.8, 4) is 0 Å². The highest BCUT2D eigenvalue weighted by atomic mass is 35.5. The third-order valence-electron chi connectivity index (χ3n) is 5.67. The molecule has 3 atom stereocenters. The summed E-state index contributed by atoms with van der Waals surface area (Å²) in [5, 5.41) is 6.36. The van der Waals surface area contributed by atoms with E-state index in [4.69, 9.17) is 11.6 Å².